The number of aliphatic hydroxyl groups is 2. The van der Waals surface area contributed by atoms with Crippen molar-refractivity contribution in [2.75, 3.05) is 6.61 Å². The molecule has 11 nitrogen and oxygen atoms in total. The molecule has 0 bridgehead atoms. The number of hydrogen-bond acceptors (Lipinski definition) is 9. The molecule has 1 aliphatic carbocycles. The van der Waals surface area contributed by atoms with Crippen molar-refractivity contribution in [1.29, 1.82) is 0 Å². The maximum atomic E-state index is 13.4. The van der Waals surface area contributed by atoms with Crippen LogP contribution in [0.15, 0.2) is 94.6 Å². The summed E-state index contributed by atoms with van der Waals surface area (Å²) >= 11 is 0. The minimum Gasteiger partial charge on any atom is -0.394 e. The summed E-state index contributed by atoms with van der Waals surface area (Å²) < 4.78 is 13.1. The quantitative estimate of drug-likeness (QED) is 0.309. The molecule has 0 spiro atoms. The molecule has 4 aromatic rings. The van der Waals surface area contributed by atoms with E-state index in [0.29, 0.717) is 21.3 Å². The molecule has 2 aliphatic rings. The summed E-state index contributed by atoms with van der Waals surface area (Å²) in [4.78, 5) is 65.0. The number of ether oxygens (including phenoxy) is 2. The minimum absolute atomic E-state index is 0.117. The molecule has 2 N–H and O–H groups in total. The van der Waals surface area contributed by atoms with Gasteiger partial charge in [0.2, 0.25) is 0 Å². The largest absolute Gasteiger partial charge is 0.394 e. The number of aromatic nitrogens is 2. The molecular weight excluding hydrogens is 544 g/mol. The van der Waals surface area contributed by atoms with Crippen molar-refractivity contribution in [1.82, 2.24) is 9.13 Å². The van der Waals surface area contributed by atoms with Crippen LogP contribution in [0.2, 0.25) is 0 Å². The Kier molecular flexibility index (Phi) is 7.09. The number of carbonyl (C=O) groups excluding carboxylic acids is 3. The van der Waals surface area contributed by atoms with Crippen LogP contribution >= 0.6 is 0 Å². The van der Waals surface area contributed by atoms with Gasteiger partial charge < -0.3 is 19.7 Å². The van der Waals surface area contributed by atoms with Crippen molar-refractivity contribution < 1.29 is 34.1 Å². The van der Waals surface area contributed by atoms with Crippen molar-refractivity contribution in [3.05, 3.63) is 139 Å². The van der Waals surface area contributed by atoms with Crippen LogP contribution in [0.1, 0.15) is 54.0 Å². The summed E-state index contributed by atoms with van der Waals surface area (Å²) in [5.74, 6) is -1.41. The molecule has 6 rings (SSSR count). The number of benzene rings is 3. The summed E-state index contributed by atoms with van der Waals surface area (Å²) in [5.41, 5.74) is -0.127. The number of rotatable bonds is 6. The maximum Gasteiger partial charge on any atom is 0.340 e. The minimum atomic E-state index is -1.38. The van der Waals surface area contributed by atoms with E-state index in [2.05, 4.69) is 0 Å². The lowest BCUT2D eigenvalue weighted by Gasteiger charge is -2.23. The third-order valence-corrected chi connectivity index (χ3v) is 7.43. The van der Waals surface area contributed by atoms with Crippen molar-refractivity contribution in [3.8, 4) is 0 Å². The van der Waals surface area contributed by atoms with Gasteiger partial charge in [0.25, 0.3) is 11.5 Å². The highest BCUT2D eigenvalue weighted by Crippen LogP contribution is 2.32. The molecule has 1 fully saturated rings. The molecular formula is C31H24N2O9. The third kappa shape index (κ3) is 4.54. The van der Waals surface area contributed by atoms with Gasteiger partial charge in [0, 0.05) is 40.1 Å². The summed E-state index contributed by atoms with van der Waals surface area (Å²) in [6.07, 6.45) is -3.91. The van der Waals surface area contributed by atoms with Gasteiger partial charge >= 0.3 is 5.69 Å². The van der Waals surface area contributed by atoms with Crippen molar-refractivity contribution >= 4 is 17.5 Å². The normalized spacial score (nSPS) is 21.2. The second kappa shape index (κ2) is 10.9. The standard InChI is InChI=1S/C31H24N2O9/c34-15-23-27(38)28(30(42-23)32-13-12-24(35)33(31(32)40)29(39)18-6-2-1-3-7-18)41-16-17-10-11-21-22(14-17)26(37)20-9-5-4-8-19(20)25(21)36/h1-14,23,27-28,30,34,38H,15-16H2/t23-,27-,28-,30-/m1/s1. The molecule has 0 saturated carbocycles. The zero-order valence-electron chi connectivity index (χ0n) is 22.0. The topological polar surface area (TPSA) is 154 Å². The number of ketones is 2. The van der Waals surface area contributed by atoms with E-state index in [0.717, 1.165) is 16.8 Å². The number of aliphatic hydroxyl groups excluding tert-OH is 2. The average Bonchev–Trinajstić information content (AvgIpc) is 3.33. The van der Waals surface area contributed by atoms with Crippen molar-refractivity contribution in [3.63, 3.8) is 0 Å². The number of nitrogens with zero attached hydrogens (tertiary/aromatic N) is 2. The highest BCUT2D eigenvalue weighted by atomic mass is 16.6. The van der Waals surface area contributed by atoms with Gasteiger partial charge in [-0.15, -0.1) is 0 Å². The monoisotopic (exact) mass is 568 g/mol. The van der Waals surface area contributed by atoms with Crippen molar-refractivity contribution in [2.45, 2.75) is 31.1 Å². The van der Waals surface area contributed by atoms with Gasteiger partial charge in [-0.05, 0) is 29.8 Å². The van der Waals surface area contributed by atoms with E-state index in [1.807, 2.05) is 0 Å². The van der Waals surface area contributed by atoms with Crippen LogP contribution in [0.4, 0.5) is 0 Å². The van der Waals surface area contributed by atoms with Crippen molar-refractivity contribution in [2.24, 2.45) is 0 Å². The first-order chi connectivity index (χ1) is 20.3. The van der Waals surface area contributed by atoms with E-state index >= 15 is 0 Å². The molecule has 4 atom stereocenters. The fourth-order valence-electron chi connectivity index (χ4n) is 5.28. The first-order valence-corrected chi connectivity index (χ1v) is 13.1. The van der Waals surface area contributed by atoms with Gasteiger partial charge in [0.1, 0.15) is 18.3 Å². The Morgan fingerprint density at radius 2 is 1.48 bits per heavy atom. The molecule has 1 aliphatic heterocycles. The number of carbonyl (C=O) groups is 3. The Bertz CT molecular complexity index is 1840. The van der Waals surface area contributed by atoms with Gasteiger partial charge in [-0.3, -0.25) is 23.7 Å². The molecule has 212 valence electrons. The Morgan fingerprint density at radius 3 is 2.17 bits per heavy atom. The van der Waals surface area contributed by atoms with E-state index in [1.54, 1.807) is 48.5 Å². The van der Waals surface area contributed by atoms with Crippen LogP contribution in [0.5, 0.6) is 0 Å². The van der Waals surface area contributed by atoms with Gasteiger partial charge in [-0.2, -0.15) is 4.57 Å². The van der Waals surface area contributed by atoms with Crippen LogP contribution < -0.4 is 11.2 Å². The smallest absolute Gasteiger partial charge is 0.340 e. The lowest BCUT2D eigenvalue weighted by Crippen LogP contribution is -2.46. The first-order valence-electron chi connectivity index (χ1n) is 13.1. The zero-order chi connectivity index (χ0) is 29.5. The number of fused-ring (bicyclic) bond motifs is 2. The molecule has 0 unspecified atom stereocenters. The third-order valence-electron chi connectivity index (χ3n) is 7.43. The van der Waals surface area contributed by atoms with E-state index in [9.17, 15) is 34.2 Å². The zero-order valence-corrected chi connectivity index (χ0v) is 22.0. The fraction of sp³-hybridized carbons (Fsp3) is 0.194. The fourth-order valence-corrected chi connectivity index (χ4v) is 5.28. The van der Waals surface area contributed by atoms with E-state index in [-0.39, 0.29) is 34.9 Å². The van der Waals surface area contributed by atoms with Crippen LogP contribution in [-0.4, -0.2) is 61.7 Å². The van der Waals surface area contributed by atoms with Gasteiger partial charge in [0.15, 0.2) is 17.8 Å². The first kappa shape index (κ1) is 27.4. The van der Waals surface area contributed by atoms with E-state index in [4.69, 9.17) is 9.47 Å². The maximum absolute atomic E-state index is 13.4. The summed E-state index contributed by atoms with van der Waals surface area (Å²) in [6, 6.07) is 20.1. The van der Waals surface area contributed by atoms with Gasteiger partial charge in [-0.25, -0.2) is 4.79 Å². The molecule has 0 radical (unpaired) electrons. The second-order valence-corrected chi connectivity index (χ2v) is 9.95. The van der Waals surface area contributed by atoms with Gasteiger partial charge in [0.05, 0.1) is 13.2 Å². The van der Waals surface area contributed by atoms with Crippen LogP contribution in [0, 0.1) is 0 Å². The van der Waals surface area contributed by atoms with Crippen LogP contribution in [0.25, 0.3) is 0 Å². The lowest BCUT2D eigenvalue weighted by molar-refractivity contribution is -0.0800. The molecule has 0 amide bonds. The predicted molar refractivity (Wildman–Crippen MR) is 146 cm³/mol. The Labute approximate surface area is 237 Å². The number of hydrogen-bond donors (Lipinski definition) is 2. The average molecular weight is 569 g/mol. The molecule has 1 aromatic heterocycles. The van der Waals surface area contributed by atoms with E-state index in [1.165, 1.54) is 24.3 Å². The summed E-state index contributed by atoms with van der Waals surface area (Å²) in [5, 5.41) is 20.6. The summed E-state index contributed by atoms with van der Waals surface area (Å²) in [7, 11) is 0. The molecule has 42 heavy (non-hydrogen) atoms. The second-order valence-electron chi connectivity index (χ2n) is 9.95. The Balaban J connectivity index is 1.30. The molecule has 1 saturated heterocycles. The Morgan fingerprint density at radius 1 is 0.833 bits per heavy atom. The highest BCUT2D eigenvalue weighted by molar-refractivity contribution is 6.28. The predicted octanol–water partition coefficient (Wildman–Crippen LogP) is 1.31. The SMILES string of the molecule is O=C1c2ccccc2C(=O)c2cc(CO[C@@H]3[C@H](O)[C@@H](CO)O[C@H]3n3ccc(=O)n(C(=O)c4ccccc4)c3=O)ccc21. The molecule has 11 heteroatoms. The van der Waals surface area contributed by atoms with Crippen LogP contribution in [0.3, 0.4) is 0 Å². The molecule has 2 heterocycles. The Hall–Kier alpha value is -4.81. The van der Waals surface area contributed by atoms with Gasteiger partial charge in [-0.1, -0.05) is 48.5 Å². The summed E-state index contributed by atoms with van der Waals surface area (Å²) in [6.45, 7) is -0.753. The highest BCUT2D eigenvalue weighted by Gasteiger charge is 2.46. The van der Waals surface area contributed by atoms with Crippen LogP contribution in [-0.2, 0) is 16.1 Å². The van der Waals surface area contributed by atoms with E-state index < -0.39 is 48.3 Å². The lowest BCUT2D eigenvalue weighted by atomic mass is 9.83. The molecule has 3 aromatic carbocycles.